The van der Waals surface area contributed by atoms with Gasteiger partial charge in [0.1, 0.15) is 11.6 Å². The molecule has 11 aromatic rings. The van der Waals surface area contributed by atoms with Crippen LogP contribution >= 0.6 is 0 Å². The number of pyridine rings is 1. The standard InChI is InChI=1S/C45H28N6.C2H6/c1-6-16-37-31(11-1)32-12-2-7-17-38(32)49(37)30-21-22-42-36(27-30)35-15-5-10-20-41(35)51(42)44-28-43(47-45(48-44)29-23-25-46-26-24-29)50-39-18-8-3-13-33(39)34-14-4-9-19-40(34)50;1-2/h1-28H;1-2H3. The van der Waals surface area contributed by atoms with Gasteiger partial charge in [-0.2, -0.15) is 0 Å². The number of nitrogens with zero attached hydrogens (tertiary/aromatic N) is 6. The first-order chi connectivity index (χ1) is 26.3. The highest BCUT2D eigenvalue weighted by molar-refractivity contribution is 6.12. The quantitative estimate of drug-likeness (QED) is 0.186. The van der Waals surface area contributed by atoms with Gasteiger partial charge in [0.15, 0.2) is 5.82 Å². The molecule has 5 heterocycles. The molecule has 0 aliphatic rings. The van der Waals surface area contributed by atoms with Gasteiger partial charge in [0.05, 0.1) is 33.1 Å². The van der Waals surface area contributed by atoms with Crippen molar-refractivity contribution in [1.29, 1.82) is 0 Å². The van der Waals surface area contributed by atoms with Crippen LogP contribution in [0.5, 0.6) is 0 Å². The highest BCUT2D eigenvalue weighted by Gasteiger charge is 2.20. The molecule has 0 amide bonds. The highest BCUT2D eigenvalue weighted by Crippen LogP contribution is 2.38. The van der Waals surface area contributed by atoms with Gasteiger partial charge in [0.2, 0.25) is 0 Å². The normalized spacial score (nSPS) is 11.6. The van der Waals surface area contributed by atoms with Gasteiger partial charge in [-0.15, -0.1) is 0 Å². The molecule has 0 N–H and O–H groups in total. The van der Waals surface area contributed by atoms with Crippen molar-refractivity contribution in [3.63, 3.8) is 0 Å². The van der Waals surface area contributed by atoms with Gasteiger partial charge in [-0.05, 0) is 60.7 Å². The molecule has 6 aromatic carbocycles. The molecule has 6 nitrogen and oxygen atoms in total. The summed E-state index contributed by atoms with van der Waals surface area (Å²) in [4.78, 5) is 14.8. The Bertz CT molecular complexity index is 3040. The third-order valence-corrected chi connectivity index (χ3v) is 10.2. The Morgan fingerprint density at radius 3 is 1.19 bits per heavy atom. The van der Waals surface area contributed by atoms with Gasteiger partial charge in [0.25, 0.3) is 0 Å². The van der Waals surface area contributed by atoms with Crippen molar-refractivity contribution in [1.82, 2.24) is 28.7 Å². The van der Waals surface area contributed by atoms with Gasteiger partial charge in [-0.25, -0.2) is 9.97 Å². The summed E-state index contributed by atoms with van der Waals surface area (Å²) in [7, 11) is 0. The zero-order valence-electron chi connectivity index (χ0n) is 29.3. The number of aromatic nitrogens is 6. The molecule has 0 radical (unpaired) electrons. The van der Waals surface area contributed by atoms with Gasteiger partial charge in [-0.3, -0.25) is 14.1 Å². The molecule has 252 valence electrons. The first-order valence-electron chi connectivity index (χ1n) is 18.1. The van der Waals surface area contributed by atoms with Crippen LogP contribution in [0.1, 0.15) is 13.8 Å². The lowest BCUT2D eigenvalue weighted by Gasteiger charge is -2.14. The van der Waals surface area contributed by atoms with Crippen molar-refractivity contribution in [2.24, 2.45) is 0 Å². The highest BCUT2D eigenvalue weighted by atomic mass is 15.1. The van der Waals surface area contributed by atoms with E-state index in [1.54, 1.807) is 12.4 Å². The number of hydrogen-bond donors (Lipinski definition) is 0. The average molecular weight is 683 g/mol. The topological polar surface area (TPSA) is 53.5 Å². The van der Waals surface area contributed by atoms with Crippen LogP contribution in [0.25, 0.3) is 94.1 Å². The monoisotopic (exact) mass is 682 g/mol. The van der Waals surface area contributed by atoms with Crippen LogP contribution in [0, 0.1) is 0 Å². The van der Waals surface area contributed by atoms with E-state index in [4.69, 9.17) is 9.97 Å². The van der Waals surface area contributed by atoms with E-state index in [-0.39, 0.29) is 0 Å². The minimum Gasteiger partial charge on any atom is -0.309 e. The molecule has 6 heteroatoms. The summed E-state index contributed by atoms with van der Waals surface area (Å²) in [5, 5.41) is 7.20. The zero-order chi connectivity index (χ0) is 35.5. The van der Waals surface area contributed by atoms with Crippen molar-refractivity contribution < 1.29 is 0 Å². The van der Waals surface area contributed by atoms with Gasteiger partial charge < -0.3 is 4.57 Å². The van der Waals surface area contributed by atoms with Crippen molar-refractivity contribution in [2.45, 2.75) is 13.8 Å². The Hall–Kier alpha value is -7.05. The molecule has 53 heavy (non-hydrogen) atoms. The maximum Gasteiger partial charge on any atom is 0.164 e. The third-order valence-electron chi connectivity index (χ3n) is 10.2. The third kappa shape index (κ3) is 4.69. The lowest BCUT2D eigenvalue weighted by molar-refractivity contribution is 0.993. The predicted octanol–water partition coefficient (Wildman–Crippen LogP) is 11.9. The Morgan fingerprint density at radius 2 is 0.736 bits per heavy atom. The average Bonchev–Trinajstić information content (AvgIpc) is 3.87. The number of hydrogen-bond acceptors (Lipinski definition) is 3. The van der Waals surface area contributed by atoms with Crippen LogP contribution in [-0.2, 0) is 0 Å². The molecule has 11 rings (SSSR count). The van der Waals surface area contributed by atoms with E-state index in [2.05, 4.69) is 164 Å². The molecule has 0 fully saturated rings. The van der Waals surface area contributed by atoms with E-state index in [0.717, 1.165) is 55.7 Å². The summed E-state index contributed by atoms with van der Waals surface area (Å²) in [5.74, 6) is 2.24. The molecule has 0 bridgehead atoms. The van der Waals surface area contributed by atoms with E-state index in [0.29, 0.717) is 5.82 Å². The van der Waals surface area contributed by atoms with Gasteiger partial charge in [-0.1, -0.05) is 105 Å². The number of fused-ring (bicyclic) bond motifs is 9. The lowest BCUT2D eigenvalue weighted by Crippen LogP contribution is -2.06. The van der Waals surface area contributed by atoms with Crippen molar-refractivity contribution >= 4 is 65.4 Å². The lowest BCUT2D eigenvalue weighted by atomic mass is 10.1. The van der Waals surface area contributed by atoms with Crippen LogP contribution in [-0.4, -0.2) is 28.7 Å². The van der Waals surface area contributed by atoms with Crippen LogP contribution in [0.15, 0.2) is 170 Å². The summed E-state index contributed by atoms with van der Waals surface area (Å²) >= 11 is 0. The maximum absolute atomic E-state index is 5.28. The summed E-state index contributed by atoms with van der Waals surface area (Å²) in [6, 6.07) is 55.8. The molecule has 0 aliphatic carbocycles. The fraction of sp³-hybridized carbons (Fsp3) is 0.0426. The van der Waals surface area contributed by atoms with E-state index in [1.807, 2.05) is 26.0 Å². The van der Waals surface area contributed by atoms with Gasteiger partial charge in [0, 0.05) is 62.0 Å². The second-order valence-electron chi connectivity index (χ2n) is 12.9. The molecular formula is C47H34N6. The van der Waals surface area contributed by atoms with Gasteiger partial charge >= 0.3 is 0 Å². The summed E-state index contributed by atoms with van der Waals surface area (Å²) in [6.45, 7) is 4.00. The maximum atomic E-state index is 5.28. The zero-order valence-corrected chi connectivity index (χ0v) is 29.3. The summed E-state index contributed by atoms with van der Waals surface area (Å²) < 4.78 is 6.92. The minimum atomic E-state index is 0.639. The predicted molar refractivity (Wildman–Crippen MR) is 220 cm³/mol. The Morgan fingerprint density at radius 1 is 0.358 bits per heavy atom. The summed E-state index contributed by atoms with van der Waals surface area (Å²) in [6.07, 6.45) is 3.59. The summed E-state index contributed by atoms with van der Waals surface area (Å²) in [5.41, 5.74) is 8.76. The number of rotatable bonds is 4. The largest absolute Gasteiger partial charge is 0.309 e. The van der Waals surface area contributed by atoms with Crippen molar-refractivity contribution in [2.75, 3.05) is 0 Å². The van der Waals surface area contributed by atoms with Crippen LogP contribution in [0.3, 0.4) is 0 Å². The molecule has 0 saturated heterocycles. The minimum absolute atomic E-state index is 0.639. The smallest absolute Gasteiger partial charge is 0.164 e. The van der Waals surface area contributed by atoms with E-state index in [9.17, 15) is 0 Å². The van der Waals surface area contributed by atoms with Crippen molar-refractivity contribution in [3.05, 3.63) is 170 Å². The van der Waals surface area contributed by atoms with Crippen LogP contribution < -0.4 is 0 Å². The molecule has 0 spiro atoms. The fourth-order valence-electron chi connectivity index (χ4n) is 8.00. The first-order valence-corrected chi connectivity index (χ1v) is 18.1. The van der Waals surface area contributed by atoms with Crippen molar-refractivity contribution in [3.8, 4) is 28.7 Å². The molecule has 0 aliphatic heterocycles. The first kappa shape index (κ1) is 30.7. The molecule has 0 atom stereocenters. The Balaban J connectivity index is 0.00000172. The SMILES string of the molecule is CC.c1ccc2c(c1)c1ccccc1n2-c1ccc2c(c1)c1ccccc1n2-c1cc(-n2c3ccccc3c3ccccc32)nc(-c2ccncc2)n1. The fourth-order valence-corrected chi connectivity index (χ4v) is 8.00. The number of benzene rings is 6. The second kappa shape index (κ2) is 12.3. The molecular weight excluding hydrogens is 649 g/mol. The second-order valence-corrected chi connectivity index (χ2v) is 12.9. The molecule has 0 unspecified atom stereocenters. The van der Waals surface area contributed by atoms with Crippen LogP contribution in [0.4, 0.5) is 0 Å². The van der Waals surface area contributed by atoms with E-state index in [1.165, 1.54) is 32.6 Å². The Kier molecular flexibility index (Phi) is 7.15. The number of para-hydroxylation sites is 5. The Labute approximate surface area is 305 Å². The molecule has 0 saturated carbocycles. The van der Waals surface area contributed by atoms with E-state index >= 15 is 0 Å². The van der Waals surface area contributed by atoms with E-state index < -0.39 is 0 Å². The molecule has 5 aromatic heterocycles. The van der Waals surface area contributed by atoms with Crippen LogP contribution in [0.2, 0.25) is 0 Å².